The Labute approximate surface area is 105 Å². The number of carbonyl (C=O) groups excluding carboxylic acids is 1. The number of amidine groups is 1. The molecule has 0 bridgehead atoms. The first-order valence-electron chi connectivity index (χ1n) is 5.38. The Morgan fingerprint density at radius 3 is 2.76 bits per heavy atom. The third-order valence-electron chi connectivity index (χ3n) is 2.35. The number of nitrogens with zero attached hydrogens (tertiary/aromatic N) is 2. The van der Waals surface area contributed by atoms with Crippen LogP contribution in [0.1, 0.15) is 29.3 Å². The van der Waals surface area contributed by atoms with E-state index in [0.29, 0.717) is 12.1 Å². The number of nitrogens with two attached hydrogens (primary N) is 1. The maximum atomic E-state index is 12.2. The largest absolute Gasteiger partial charge is 0.409 e. The van der Waals surface area contributed by atoms with Crippen molar-refractivity contribution in [1.29, 1.82) is 0 Å². The zero-order chi connectivity index (χ0) is 12.8. The molecule has 0 aromatic carbocycles. The lowest BCUT2D eigenvalue weighted by Gasteiger charge is -2.21. The Balaban J connectivity index is 2.84. The van der Waals surface area contributed by atoms with Crippen molar-refractivity contribution in [3.63, 3.8) is 0 Å². The minimum atomic E-state index is -0.0720. The summed E-state index contributed by atoms with van der Waals surface area (Å²) in [4.78, 5) is 13.8. The summed E-state index contributed by atoms with van der Waals surface area (Å²) in [5, 5.41) is 15.2. The second kappa shape index (κ2) is 6.24. The van der Waals surface area contributed by atoms with Crippen LogP contribution in [-0.2, 0) is 0 Å². The molecule has 3 N–H and O–H groups in total. The molecule has 1 heterocycles. The summed E-state index contributed by atoms with van der Waals surface area (Å²) in [5.74, 6) is -0.0307. The summed E-state index contributed by atoms with van der Waals surface area (Å²) in [6.45, 7) is 4.62. The van der Waals surface area contributed by atoms with Crippen molar-refractivity contribution in [2.75, 3.05) is 13.1 Å². The van der Waals surface area contributed by atoms with Gasteiger partial charge in [0.1, 0.15) is 0 Å². The van der Waals surface area contributed by atoms with Gasteiger partial charge in [0, 0.05) is 11.9 Å². The quantitative estimate of drug-likeness (QED) is 0.363. The molecule has 5 nitrogen and oxygen atoms in total. The third kappa shape index (κ3) is 3.45. The maximum Gasteiger partial charge on any atom is 0.255 e. The standard InChI is InChI=1S/C11H17N3O2S/c1-3-4-14(5-10(12)13-16)11(15)9-7-17-6-8(9)2/h6-7,16H,3-5H2,1-2H3,(H2,12,13). The number of hydrogen-bond donors (Lipinski definition) is 2. The van der Waals surface area contributed by atoms with E-state index in [1.54, 1.807) is 4.90 Å². The molecule has 0 fully saturated rings. The molecule has 0 aliphatic heterocycles. The lowest BCUT2D eigenvalue weighted by Crippen LogP contribution is -2.39. The molecule has 0 aliphatic carbocycles. The molecule has 17 heavy (non-hydrogen) atoms. The van der Waals surface area contributed by atoms with E-state index < -0.39 is 0 Å². The van der Waals surface area contributed by atoms with E-state index in [1.807, 2.05) is 24.6 Å². The molecule has 0 saturated carbocycles. The lowest BCUT2D eigenvalue weighted by molar-refractivity contribution is 0.0778. The van der Waals surface area contributed by atoms with Gasteiger partial charge in [-0.25, -0.2) is 0 Å². The molecular weight excluding hydrogens is 238 g/mol. The van der Waals surface area contributed by atoms with Gasteiger partial charge in [0.2, 0.25) is 0 Å². The predicted molar refractivity (Wildman–Crippen MR) is 68.7 cm³/mol. The highest BCUT2D eigenvalue weighted by Gasteiger charge is 2.18. The van der Waals surface area contributed by atoms with Gasteiger partial charge in [-0.2, -0.15) is 11.3 Å². The fourth-order valence-corrected chi connectivity index (χ4v) is 2.32. The van der Waals surface area contributed by atoms with Gasteiger partial charge in [0.15, 0.2) is 5.84 Å². The Morgan fingerprint density at radius 1 is 1.59 bits per heavy atom. The van der Waals surface area contributed by atoms with Crippen LogP contribution in [0.3, 0.4) is 0 Å². The van der Waals surface area contributed by atoms with E-state index in [0.717, 1.165) is 12.0 Å². The topological polar surface area (TPSA) is 78.9 Å². The molecule has 1 aromatic heterocycles. The first kappa shape index (κ1) is 13.5. The number of thiophene rings is 1. The monoisotopic (exact) mass is 255 g/mol. The second-order valence-electron chi connectivity index (χ2n) is 3.79. The van der Waals surface area contributed by atoms with Crippen molar-refractivity contribution in [3.05, 3.63) is 21.9 Å². The van der Waals surface area contributed by atoms with Gasteiger partial charge in [-0.05, 0) is 24.3 Å². The fourth-order valence-electron chi connectivity index (χ4n) is 1.50. The number of oxime groups is 1. The number of amides is 1. The van der Waals surface area contributed by atoms with Crippen molar-refractivity contribution < 1.29 is 10.0 Å². The maximum absolute atomic E-state index is 12.2. The third-order valence-corrected chi connectivity index (χ3v) is 3.21. The average molecular weight is 255 g/mol. The van der Waals surface area contributed by atoms with E-state index in [-0.39, 0.29) is 18.3 Å². The normalized spacial score (nSPS) is 11.5. The van der Waals surface area contributed by atoms with Gasteiger partial charge in [0.25, 0.3) is 5.91 Å². The molecule has 0 spiro atoms. The highest BCUT2D eigenvalue weighted by atomic mass is 32.1. The highest BCUT2D eigenvalue weighted by molar-refractivity contribution is 7.08. The summed E-state index contributed by atoms with van der Waals surface area (Å²) < 4.78 is 0. The zero-order valence-corrected chi connectivity index (χ0v) is 10.8. The molecule has 0 saturated heterocycles. The summed E-state index contributed by atoms with van der Waals surface area (Å²) in [6, 6.07) is 0. The molecule has 1 amide bonds. The van der Waals surface area contributed by atoms with Crippen molar-refractivity contribution in [1.82, 2.24) is 4.90 Å². The number of aryl methyl sites for hydroxylation is 1. The second-order valence-corrected chi connectivity index (χ2v) is 4.53. The van der Waals surface area contributed by atoms with Crippen LogP contribution < -0.4 is 5.73 Å². The summed E-state index contributed by atoms with van der Waals surface area (Å²) >= 11 is 1.50. The molecule has 0 aliphatic rings. The molecule has 1 rings (SSSR count). The molecule has 0 unspecified atom stereocenters. The van der Waals surface area contributed by atoms with Crippen LogP contribution in [0.5, 0.6) is 0 Å². The molecule has 94 valence electrons. The van der Waals surface area contributed by atoms with Crippen molar-refractivity contribution >= 4 is 23.1 Å². The predicted octanol–water partition coefficient (Wildman–Crippen LogP) is 1.66. The van der Waals surface area contributed by atoms with E-state index in [1.165, 1.54) is 11.3 Å². The van der Waals surface area contributed by atoms with E-state index in [2.05, 4.69) is 5.16 Å². The molecule has 0 atom stereocenters. The van der Waals surface area contributed by atoms with Crippen molar-refractivity contribution in [3.8, 4) is 0 Å². The van der Waals surface area contributed by atoms with Gasteiger partial charge >= 0.3 is 0 Å². The molecule has 6 heteroatoms. The summed E-state index contributed by atoms with van der Waals surface area (Å²) in [5.41, 5.74) is 7.09. The molecular formula is C11H17N3O2S. The van der Waals surface area contributed by atoms with E-state index >= 15 is 0 Å². The van der Waals surface area contributed by atoms with Crippen LogP contribution in [0, 0.1) is 6.92 Å². The van der Waals surface area contributed by atoms with E-state index in [4.69, 9.17) is 10.9 Å². The Hall–Kier alpha value is -1.56. The fraction of sp³-hybridized carbons (Fsp3) is 0.455. The Kier molecular flexibility index (Phi) is 4.96. The van der Waals surface area contributed by atoms with E-state index in [9.17, 15) is 4.79 Å². The van der Waals surface area contributed by atoms with Crippen LogP contribution in [0.15, 0.2) is 15.9 Å². The minimum absolute atomic E-state index is 0.0414. The number of hydrogen-bond acceptors (Lipinski definition) is 4. The van der Waals surface area contributed by atoms with Gasteiger partial charge < -0.3 is 15.8 Å². The van der Waals surface area contributed by atoms with Crippen LogP contribution in [0.2, 0.25) is 0 Å². The van der Waals surface area contributed by atoms with Gasteiger partial charge in [-0.1, -0.05) is 12.1 Å². The van der Waals surface area contributed by atoms with Crippen molar-refractivity contribution in [2.45, 2.75) is 20.3 Å². The van der Waals surface area contributed by atoms with Crippen LogP contribution in [0.25, 0.3) is 0 Å². The first-order chi connectivity index (χ1) is 8.10. The summed E-state index contributed by atoms with van der Waals surface area (Å²) in [7, 11) is 0. The van der Waals surface area contributed by atoms with Gasteiger partial charge in [-0.3, -0.25) is 4.79 Å². The average Bonchev–Trinajstić information content (AvgIpc) is 2.73. The zero-order valence-electron chi connectivity index (χ0n) is 10.0. The molecule has 0 radical (unpaired) electrons. The van der Waals surface area contributed by atoms with Crippen LogP contribution in [-0.4, -0.2) is 34.9 Å². The Morgan fingerprint density at radius 2 is 2.29 bits per heavy atom. The smallest absolute Gasteiger partial charge is 0.255 e. The lowest BCUT2D eigenvalue weighted by atomic mass is 10.2. The highest BCUT2D eigenvalue weighted by Crippen LogP contribution is 2.16. The number of carbonyl (C=O) groups is 1. The first-order valence-corrected chi connectivity index (χ1v) is 6.32. The van der Waals surface area contributed by atoms with Crippen LogP contribution >= 0.6 is 11.3 Å². The number of rotatable bonds is 5. The van der Waals surface area contributed by atoms with Crippen molar-refractivity contribution in [2.24, 2.45) is 10.9 Å². The van der Waals surface area contributed by atoms with Gasteiger partial charge in [-0.15, -0.1) is 0 Å². The molecule has 1 aromatic rings. The SMILES string of the molecule is CCCN(CC(N)=NO)C(=O)c1cscc1C. The summed E-state index contributed by atoms with van der Waals surface area (Å²) in [6.07, 6.45) is 0.827. The minimum Gasteiger partial charge on any atom is -0.409 e. The van der Waals surface area contributed by atoms with Crippen LogP contribution in [0.4, 0.5) is 0 Å². The van der Waals surface area contributed by atoms with Gasteiger partial charge in [0.05, 0.1) is 12.1 Å². The Bertz CT molecular complexity index is 415.